The average molecular weight is 340 g/mol. The van der Waals surface area contributed by atoms with Gasteiger partial charge < -0.3 is 0 Å². The van der Waals surface area contributed by atoms with E-state index in [1.807, 2.05) is 0 Å². The van der Waals surface area contributed by atoms with Crippen LogP contribution in [0.1, 0.15) is 5.56 Å². The molecule has 2 rings (SSSR count). The van der Waals surface area contributed by atoms with Gasteiger partial charge in [-0.3, -0.25) is 4.68 Å². The van der Waals surface area contributed by atoms with Gasteiger partial charge in [-0.15, -0.1) is 11.3 Å². The lowest BCUT2D eigenvalue weighted by Gasteiger charge is -2.15. The fourth-order valence-electron chi connectivity index (χ4n) is 1.56. The van der Waals surface area contributed by atoms with E-state index in [2.05, 4.69) is 5.10 Å². The molecule has 0 fully saturated rings. The van der Waals surface area contributed by atoms with Crippen LogP contribution in [0.3, 0.4) is 0 Å². The summed E-state index contributed by atoms with van der Waals surface area (Å²) in [6.07, 6.45) is 3.38. The van der Waals surface area contributed by atoms with Crippen LogP contribution in [0.5, 0.6) is 0 Å². The highest BCUT2D eigenvalue weighted by atomic mass is 35.5. The Bertz CT molecular complexity index is 693. The third-order valence-electron chi connectivity index (χ3n) is 2.48. The first kappa shape index (κ1) is 14.8. The van der Waals surface area contributed by atoms with Crippen LogP contribution in [0.25, 0.3) is 0 Å². The van der Waals surface area contributed by atoms with Crippen LogP contribution in [-0.2, 0) is 23.6 Å². The van der Waals surface area contributed by atoms with E-state index >= 15 is 0 Å². The summed E-state index contributed by atoms with van der Waals surface area (Å²) < 4.78 is 28.0. The first-order valence-electron chi connectivity index (χ1n) is 5.19. The van der Waals surface area contributed by atoms with Gasteiger partial charge in [-0.25, -0.2) is 8.42 Å². The monoisotopic (exact) mass is 339 g/mol. The largest absolute Gasteiger partial charge is 0.275 e. The molecule has 0 amide bonds. The molecule has 0 saturated carbocycles. The number of hydrogen-bond acceptors (Lipinski definition) is 4. The first-order valence-corrected chi connectivity index (χ1v) is 8.20. The van der Waals surface area contributed by atoms with E-state index in [4.69, 9.17) is 23.2 Å². The molecular weight excluding hydrogens is 329 g/mol. The highest BCUT2D eigenvalue weighted by Crippen LogP contribution is 2.35. The lowest BCUT2D eigenvalue weighted by Crippen LogP contribution is -2.26. The zero-order valence-corrected chi connectivity index (χ0v) is 13.3. The van der Waals surface area contributed by atoms with Crippen LogP contribution in [-0.4, -0.2) is 29.6 Å². The van der Waals surface area contributed by atoms with Crippen molar-refractivity contribution < 1.29 is 8.42 Å². The topological polar surface area (TPSA) is 55.2 Å². The van der Waals surface area contributed by atoms with Crippen molar-refractivity contribution in [3.63, 3.8) is 0 Å². The van der Waals surface area contributed by atoms with Crippen molar-refractivity contribution in [1.82, 2.24) is 14.1 Å². The zero-order chi connectivity index (χ0) is 14.2. The number of rotatable bonds is 4. The Morgan fingerprint density at radius 2 is 2.16 bits per heavy atom. The summed E-state index contributed by atoms with van der Waals surface area (Å²) in [5, 5.41) is 4.00. The fourth-order valence-corrected chi connectivity index (χ4v) is 4.83. The zero-order valence-electron chi connectivity index (χ0n) is 10.2. The Morgan fingerprint density at radius 1 is 1.47 bits per heavy atom. The Hall–Kier alpha value is -0.600. The maximum atomic E-state index is 12.3. The van der Waals surface area contributed by atoms with Crippen LogP contribution >= 0.6 is 34.5 Å². The van der Waals surface area contributed by atoms with Gasteiger partial charge in [-0.2, -0.15) is 9.40 Å². The maximum absolute atomic E-state index is 12.3. The fraction of sp³-hybridized carbons (Fsp3) is 0.300. The third-order valence-corrected chi connectivity index (χ3v) is 6.03. The minimum absolute atomic E-state index is 0.0376. The van der Waals surface area contributed by atoms with Gasteiger partial charge in [0.15, 0.2) is 0 Å². The van der Waals surface area contributed by atoms with Crippen LogP contribution in [0, 0.1) is 0 Å². The molecule has 0 radical (unpaired) electrons. The van der Waals surface area contributed by atoms with E-state index in [0.29, 0.717) is 4.34 Å². The van der Waals surface area contributed by atoms with Gasteiger partial charge in [0.25, 0.3) is 0 Å². The molecule has 0 spiro atoms. The second kappa shape index (κ2) is 5.41. The molecule has 9 heteroatoms. The van der Waals surface area contributed by atoms with Crippen molar-refractivity contribution in [1.29, 1.82) is 0 Å². The highest BCUT2D eigenvalue weighted by molar-refractivity contribution is 7.89. The molecule has 0 N–H and O–H groups in total. The maximum Gasteiger partial charge on any atom is 0.245 e. The number of aromatic nitrogens is 2. The second-order valence-electron chi connectivity index (χ2n) is 3.97. The first-order chi connectivity index (χ1) is 8.80. The van der Waals surface area contributed by atoms with E-state index in [9.17, 15) is 8.42 Å². The summed E-state index contributed by atoms with van der Waals surface area (Å²) in [5.41, 5.74) is 0.797. The smallest absolute Gasteiger partial charge is 0.245 e. The summed E-state index contributed by atoms with van der Waals surface area (Å²) in [4.78, 5) is 0.0376. The van der Waals surface area contributed by atoms with Crippen LogP contribution in [0.15, 0.2) is 23.4 Å². The Morgan fingerprint density at radius 3 is 2.63 bits per heavy atom. The van der Waals surface area contributed by atoms with Gasteiger partial charge in [-0.1, -0.05) is 23.2 Å². The molecule has 2 aromatic heterocycles. The van der Waals surface area contributed by atoms with Gasteiger partial charge >= 0.3 is 0 Å². The number of nitrogens with zero attached hydrogens (tertiary/aromatic N) is 3. The van der Waals surface area contributed by atoms with E-state index in [1.54, 1.807) is 24.1 Å². The Balaban J connectivity index is 2.27. The van der Waals surface area contributed by atoms with Crippen molar-refractivity contribution in [2.75, 3.05) is 7.05 Å². The van der Waals surface area contributed by atoms with Crippen LogP contribution in [0.4, 0.5) is 0 Å². The predicted molar refractivity (Wildman–Crippen MR) is 76.2 cm³/mol. The van der Waals surface area contributed by atoms with Gasteiger partial charge in [-0.05, 0) is 6.07 Å². The molecule has 104 valence electrons. The normalized spacial score (nSPS) is 12.3. The van der Waals surface area contributed by atoms with E-state index in [-0.39, 0.29) is 15.8 Å². The van der Waals surface area contributed by atoms with Crippen LogP contribution in [0.2, 0.25) is 8.67 Å². The standard InChI is InChI=1S/C10H11Cl2N3O2S2/c1-14-5-7(4-13-14)6-15(2)19(16,17)8-3-9(11)18-10(8)12/h3-5H,6H2,1-2H3. The third kappa shape index (κ3) is 3.11. The van der Waals surface area contributed by atoms with Crippen molar-refractivity contribution in [3.05, 3.63) is 32.7 Å². The molecule has 0 aliphatic heterocycles. The molecule has 0 bridgehead atoms. The summed E-state index contributed by atoms with van der Waals surface area (Å²) in [7, 11) is -0.386. The summed E-state index contributed by atoms with van der Waals surface area (Å²) in [5.74, 6) is 0. The number of thiophene rings is 1. The molecule has 0 aromatic carbocycles. The van der Waals surface area contributed by atoms with E-state index < -0.39 is 10.0 Å². The second-order valence-corrected chi connectivity index (χ2v) is 8.27. The molecule has 0 aliphatic rings. The Labute approximate surface area is 125 Å². The van der Waals surface area contributed by atoms with Gasteiger partial charge in [0.2, 0.25) is 10.0 Å². The minimum atomic E-state index is -3.65. The number of sulfonamides is 1. The molecule has 2 aromatic rings. The average Bonchev–Trinajstić information content (AvgIpc) is 2.85. The molecular formula is C10H11Cl2N3O2S2. The van der Waals surface area contributed by atoms with Crippen LogP contribution < -0.4 is 0 Å². The van der Waals surface area contributed by atoms with E-state index in [1.165, 1.54) is 17.4 Å². The highest BCUT2D eigenvalue weighted by Gasteiger charge is 2.26. The van der Waals surface area contributed by atoms with Crippen molar-refractivity contribution in [3.8, 4) is 0 Å². The summed E-state index contributed by atoms with van der Waals surface area (Å²) in [6.45, 7) is 0.222. The molecule has 0 aliphatic carbocycles. The quantitative estimate of drug-likeness (QED) is 0.860. The SMILES string of the molecule is CN(Cc1cnn(C)c1)S(=O)(=O)c1cc(Cl)sc1Cl. The molecule has 5 nitrogen and oxygen atoms in total. The minimum Gasteiger partial charge on any atom is -0.275 e. The van der Waals surface area contributed by atoms with Gasteiger partial charge in [0.05, 0.1) is 10.5 Å². The van der Waals surface area contributed by atoms with E-state index in [0.717, 1.165) is 16.9 Å². The molecule has 0 atom stereocenters. The van der Waals surface area contributed by atoms with Gasteiger partial charge in [0, 0.05) is 32.4 Å². The molecule has 2 heterocycles. The molecule has 0 unspecified atom stereocenters. The Kier molecular flexibility index (Phi) is 4.22. The van der Waals surface area contributed by atoms with Crippen molar-refractivity contribution in [2.45, 2.75) is 11.4 Å². The number of aryl methyl sites for hydroxylation is 1. The summed E-state index contributed by atoms with van der Waals surface area (Å²) >= 11 is 12.7. The number of hydrogen-bond donors (Lipinski definition) is 0. The lowest BCUT2D eigenvalue weighted by molar-refractivity contribution is 0.467. The lowest BCUT2D eigenvalue weighted by atomic mass is 10.4. The molecule has 19 heavy (non-hydrogen) atoms. The number of halogens is 2. The van der Waals surface area contributed by atoms with Crippen molar-refractivity contribution >= 4 is 44.6 Å². The van der Waals surface area contributed by atoms with Crippen molar-refractivity contribution in [2.24, 2.45) is 7.05 Å². The van der Waals surface area contributed by atoms with Gasteiger partial charge in [0.1, 0.15) is 9.23 Å². The summed E-state index contributed by atoms with van der Waals surface area (Å²) in [6, 6.07) is 1.36. The predicted octanol–water partition coefficient (Wildman–Crippen LogP) is 2.61. The molecule has 0 saturated heterocycles.